The summed E-state index contributed by atoms with van der Waals surface area (Å²) in [7, 11) is 0. The number of hydrogen-bond acceptors (Lipinski definition) is 4. The Morgan fingerprint density at radius 2 is 2.12 bits per heavy atom. The standard InChI is InChI=1S/C12H23N3O2/c1-2-3-7-11(16)15(13)12(17)9-10-6-4-5-8-14-10/h10,14H,2-9,13H2,1H3. The van der Waals surface area contributed by atoms with Crippen LogP contribution in [0.25, 0.3) is 0 Å². The van der Waals surface area contributed by atoms with Gasteiger partial charge in [0.05, 0.1) is 0 Å². The number of amides is 2. The van der Waals surface area contributed by atoms with E-state index in [2.05, 4.69) is 5.32 Å². The predicted molar refractivity (Wildman–Crippen MR) is 65.8 cm³/mol. The van der Waals surface area contributed by atoms with E-state index >= 15 is 0 Å². The van der Waals surface area contributed by atoms with E-state index in [1.807, 2.05) is 6.92 Å². The zero-order valence-electron chi connectivity index (χ0n) is 10.6. The molecule has 5 heteroatoms. The van der Waals surface area contributed by atoms with Crippen LogP contribution < -0.4 is 11.2 Å². The van der Waals surface area contributed by atoms with Gasteiger partial charge in [-0.25, -0.2) is 10.9 Å². The molecule has 1 unspecified atom stereocenters. The Labute approximate surface area is 103 Å². The van der Waals surface area contributed by atoms with Gasteiger partial charge in [0, 0.05) is 18.9 Å². The van der Waals surface area contributed by atoms with E-state index in [-0.39, 0.29) is 17.9 Å². The summed E-state index contributed by atoms with van der Waals surface area (Å²) >= 11 is 0. The van der Waals surface area contributed by atoms with E-state index in [0.717, 1.165) is 43.7 Å². The molecule has 17 heavy (non-hydrogen) atoms. The number of nitrogens with zero attached hydrogens (tertiary/aromatic N) is 1. The van der Waals surface area contributed by atoms with Crippen molar-refractivity contribution in [3.8, 4) is 0 Å². The van der Waals surface area contributed by atoms with Gasteiger partial charge in [0.1, 0.15) is 0 Å². The highest BCUT2D eigenvalue weighted by atomic mass is 16.2. The summed E-state index contributed by atoms with van der Waals surface area (Å²) in [6, 6.07) is 0.182. The molecular formula is C12H23N3O2. The second-order valence-electron chi connectivity index (χ2n) is 4.61. The van der Waals surface area contributed by atoms with Crippen molar-refractivity contribution in [3.63, 3.8) is 0 Å². The smallest absolute Gasteiger partial charge is 0.245 e. The monoisotopic (exact) mass is 241 g/mol. The molecule has 1 saturated heterocycles. The van der Waals surface area contributed by atoms with Gasteiger partial charge in [0.15, 0.2) is 0 Å². The summed E-state index contributed by atoms with van der Waals surface area (Å²) in [6.45, 7) is 2.95. The lowest BCUT2D eigenvalue weighted by Crippen LogP contribution is -2.46. The number of nitrogens with two attached hydrogens (primary N) is 1. The van der Waals surface area contributed by atoms with Gasteiger partial charge in [-0.2, -0.15) is 0 Å². The Balaban J connectivity index is 2.32. The SMILES string of the molecule is CCCCC(=O)N(N)C(=O)CC1CCCCN1. The molecule has 0 saturated carbocycles. The van der Waals surface area contributed by atoms with Gasteiger partial charge in [0.2, 0.25) is 11.8 Å². The lowest BCUT2D eigenvalue weighted by atomic mass is 10.0. The van der Waals surface area contributed by atoms with Crippen molar-refractivity contribution in [2.24, 2.45) is 5.84 Å². The summed E-state index contributed by atoms with van der Waals surface area (Å²) in [5, 5.41) is 4.07. The van der Waals surface area contributed by atoms with E-state index in [0.29, 0.717) is 12.8 Å². The third-order valence-corrected chi connectivity index (χ3v) is 3.11. The Kier molecular flexibility index (Phi) is 6.15. The molecule has 1 atom stereocenters. The fourth-order valence-electron chi connectivity index (χ4n) is 1.99. The van der Waals surface area contributed by atoms with Gasteiger partial charge < -0.3 is 5.32 Å². The molecule has 98 valence electrons. The molecular weight excluding hydrogens is 218 g/mol. The maximum Gasteiger partial charge on any atom is 0.245 e. The van der Waals surface area contributed by atoms with E-state index < -0.39 is 0 Å². The van der Waals surface area contributed by atoms with Crippen molar-refractivity contribution < 1.29 is 9.59 Å². The second kappa shape index (κ2) is 7.40. The number of hydrogen-bond donors (Lipinski definition) is 2. The van der Waals surface area contributed by atoms with Crippen LogP contribution in [0.15, 0.2) is 0 Å². The van der Waals surface area contributed by atoms with Crippen LogP contribution in [-0.4, -0.2) is 29.4 Å². The van der Waals surface area contributed by atoms with Gasteiger partial charge in [0.25, 0.3) is 0 Å². The molecule has 1 heterocycles. The molecule has 0 spiro atoms. The van der Waals surface area contributed by atoms with Gasteiger partial charge in [-0.15, -0.1) is 0 Å². The quantitative estimate of drug-likeness (QED) is 0.427. The Morgan fingerprint density at radius 3 is 2.71 bits per heavy atom. The van der Waals surface area contributed by atoms with Crippen molar-refractivity contribution in [2.75, 3.05) is 6.54 Å². The first-order valence-electron chi connectivity index (χ1n) is 6.49. The van der Waals surface area contributed by atoms with Crippen LogP contribution in [0.3, 0.4) is 0 Å². The lowest BCUT2D eigenvalue weighted by Gasteiger charge is -2.24. The summed E-state index contributed by atoms with van der Waals surface area (Å²) < 4.78 is 0. The van der Waals surface area contributed by atoms with Crippen molar-refractivity contribution in [3.05, 3.63) is 0 Å². The van der Waals surface area contributed by atoms with E-state index in [9.17, 15) is 9.59 Å². The van der Waals surface area contributed by atoms with Crippen LogP contribution in [-0.2, 0) is 9.59 Å². The highest BCUT2D eigenvalue weighted by Gasteiger charge is 2.22. The molecule has 1 rings (SSSR count). The summed E-state index contributed by atoms with van der Waals surface area (Å²) in [4.78, 5) is 23.3. The van der Waals surface area contributed by atoms with Crippen LogP contribution in [0, 0.1) is 0 Å². The first-order valence-corrected chi connectivity index (χ1v) is 6.49. The van der Waals surface area contributed by atoms with Crippen LogP contribution in [0.5, 0.6) is 0 Å². The zero-order chi connectivity index (χ0) is 12.7. The van der Waals surface area contributed by atoms with Gasteiger partial charge in [-0.05, 0) is 25.8 Å². The van der Waals surface area contributed by atoms with Crippen molar-refractivity contribution in [1.82, 2.24) is 10.3 Å². The minimum Gasteiger partial charge on any atom is -0.313 e. The molecule has 2 amide bonds. The number of hydrazine groups is 1. The molecule has 0 aromatic heterocycles. The second-order valence-corrected chi connectivity index (χ2v) is 4.61. The Morgan fingerprint density at radius 1 is 1.35 bits per heavy atom. The fourth-order valence-corrected chi connectivity index (χ4v) is 1.99. The molecule has 1 aliphatic rings. The topological polar surface area (TPSA) is 75.4 Å². The summed E-state index contributed by atoms with van der Waals surface area (Å²) in [5.74, 6) is 4.98. The fraction of sp³-hybridized carbons (Fsp3) is 0.833. The largest absolute Gasteiger partial charge is 0.313 e. The first kappa shape index (κ1) is 14.1. The minimum absolute atomic E-state index is 0.182. The average molecular weight is 241 g/mol. The normalized spacial score (nSPS) is 20.0. The lowest BCUT2D eigenvalue weighted by molar-refractivity contribution is -0.145. The van der Waals surface area contributed by atoms with E-state index in [4.69, 9.17) is 5.84 Å². The Bertz CT molecular complexity index is 262. The van der Waals surface area contributed by atoms with E-state index in [1.54, 1.807) is 0 Å². The van der Waals surface area contributed by atoms with Crippen LogP contribution in [0.2, 0.25) is 0 Å². The summed E-state index contributed by atoms with van der Waals surface area (Å²) in [5.41, 5.74) is 0. The van der Waals surface area contributed by atoms with E-state index in [1.165, 1.54) is 0 Å². The number of imide groups is 1. The third kappa shape index (κ3) is 4.83. The van der Waals surface area contributed by atoms with Crippen molar-refractivity contribution in [2.45, 2.75) is 57.9 Å². The van der Waals surface area contributed by atoms with Crippen LogP contribution in [0.4, 0.5) is 0 Å². The first-order chi connectivity index (χ1) is 8.15. The maximum absolute atomic E-state index is 11.8. The third-order valence-electron chi connectivity index (χ3n) is 3.11. The number of piperidine rings is 1. The Hall–Kier alpha value is -0.940. The highest BCUT2D eigenvalue weighted by Crippen LogP contribution is 2.11. The maximum atomic E-state index is 11.8. The number of rotatable bonds is 5. The highest BCUT2D eigenvalue weighted by molar-refractivity contribution is 5.94. The molecule has 0 bridgehead atoms. The number of carbonyl (C=O) groups is 2. The van der Waals surface area contributed by atoms with Crippen LogP contribution >= 0.6 is 0 Å². The molecule has 0 radical (unpaired) electrons. The molecule has 3 N–H and O–H groups in total. The van der Waals surface area contributed by atoms with Crippen LogP contribution in [0.1, 0.15) is 51.9 Å². The van der Waals surface area contributed by atoms with Crippen molar-refractivity contribution >= 4 is 11.8 Å². The molecule has 0 aromatic rings. The average Bonchev–Trinajstić information content (AvgIpc) is 2.36. The van der Waals surface area contributed by atoms with Crippen molar-refractivity contribution in [1.29, 1.82) is 0 Å². The number of nitrogens with one attached hydrogen (secondary N) is 1. The van der Waals surface area contributed by atoms with Gasteiger partial charge >= 0.3 is 0 Å². The molecule has 0 aromatic carbocycles. The minimum atomic E-state index is -0.273. The number of carbonyl (C=O) groups excluding carboxylic acids is 2. The van der Waals surface area contributed by atoms with Gasteiger partial charge in [-0.1, -0.05) is 19.8 Å². The number of unbranched alkanes of at least 4 members (excludes halogenated alkanes) is 1. The zero-order valence-corrected chi connectivity index (χ0v) is 10.6. The molecule has 1 fully saturated rings. The predicted octanol–water partition coefficient (Wildman–Crippen LogP) is 0.938. The molecule has 1 aliphatic heterocycles. The molecule has 0 aliphatic carbocycles. The molecule has 5 nitrogen and oxygen atoms in total. The summed E-state index contributed by atoms with van der Waals surface area (Å²) in [6.07, 6.45) is 5.68. The van der Waals surface area contributed by atoms with Gasteiger partial charge in [-0.3, -0.25) is 9.59 Å².